The van der Waals surface area contributed by atoms with Crippen LogP contribution in [0.4, 0.5) is 0 Å². The standard InChI is InChI=1S/C20H10Cl2N2O4/c21-15-5-9(1-3-11(15)13-7-17(25)23-19(13)27)10-2-4-12(16(22)6-10)14-8-18(26)24-20(14)28/h1-8H,(H,23,25,27)(H,24,26,28). The maximum atomic E-state index is 11.8. The highest BCUT2D eigenvalue weighted by Gasteiger charge is 2.25. The van der Waals surface area contributed by atoms with E-state index in [1.54, 1.807) is 36.4 Å². The van der Waals surface area contributed by atoms with E-state index in [1.807, 2.05) is 0 Å². The average Bonchev–Trinajstić information content (AvgIpc) is 3.15. The van der Waals surface area contributed by atoms with E-state index in [2.05, 4.69) is 10.6 Å². The fraction of sp³-hybridized carbons (Fsp3) is 0. The van der Waals surface area contributed by atoms with E-state index in [4.69, 9.17) is 23.2 Å². The van der Waals surface area contributed by atoms with Crippen LogP contribution in [0.25, 0.3) is 22.3 Å². The summed E-state index contributed by atoms with van der Waals surface area (Å²) in [4.78, 5) is 46.3. The second-order valence-electron chi connectivity index (χ2n) is 6.14. The summed E-state index contributed by atoms with van der Waals surface area (Å²) >= 11 is 12.6. The number of halogens is 2. The van der Waals surface area contributed by atoms with Crippen LogP contribution in [0.2, 0.25) is 10.0 Å². The molecule has 0 saturated carbocycles. The summed E-state index contributed by atoms with van der Waals surface area (Å²) in [5.74, 6) is -1.95. The summed E-state index contributed by atoms with van der Waals surface area (Å²) in [6, 6.07) is 10.1. The van der Waals surface area contributed by atoms with Crippen LogP contribution < -0.4 is 10.6 Å². The molecule has 0 aliphatic carbocycles. The third-order valence-corrected chi connectivity index (χ3v) is 4.99. The van der Waals surface area contributed by atoms with Crippen molar-refractivity contribution in [2.24, 2.45) is 0 Å². The quantitative estimate of drug-likeness (QED) is 0.757. The first-order valence-electron chi connectivity index (χ1n) is 8.08. The number of benzene rings is 2. The summed E-state index contributed by atoms with van der Waals surface area (Å²) in [6.07, 6.45) is 2.41. The molecule has 6 nitrogen and oxygen atoms in total. The van der Waals surface area contributed by atoms with Crippen molar-refractivity contribution in [1.82, 2.24) is 10.6 Å². The first-order chi connectivity index (χ1) is 13.3. The van der Waals surface area contributed by atoms with Crippen molar-refractivity contribution in [2.75, 3.05) is 0 Å². The zero-order valence-corrected chi connectivity index (χ0v) is 15.5. The SMILES string of the molecule is O=C1C=C(c2ccc(-c3ccc(C4=CC(=O)NC4=O)c(Cl)c3)cc2Cl)C(=O)N1. The van der Waals surface area contributed by atoms with Crippen molar-refractivity contribution in [3.8, 4) is 11.1 Å². The van der Waals surface area contributed by atoms with Crippen LogP contribution in [0, 0.1) is 0 Å². The monoisotopic (exact) mass is 412 g/mol. The maximum Gasteiger partial charge on any atom is 0.258 e. The highest BCUT2D eigenvalue weighted by molar-refractivity contribution is 6.40. The summed E-state index contributed by atoms with van der Waals surface area (Å²) in [5.41, 5.74) is 2.77. The Balaban J connectivity index is 1.69. The van der Waals surface area contributed by atoms with Gasteiger partial charge < -0.3 is 0 Å². The van der Waals surface area contributed by atoms with Crippen LogP contribution in [0.5, 0.6) is 0 Å². The smallest absolute Gasteiger partial charge is 0.258 e. The minimum Gasteiger partial charge on any atom is -0.289 e. The summed E-state index contributed by atoms with van der Waals surface area (Å²) in [6.45, 7) is 0. The average molecular weight is 413 g/mol. The highest BCUT2D eigenvalue weighted by atomic mass is 35.5. The first-order valence-corrected chi connectivity index (χ1v) is 8.83. The lowest BCUT2D eigenvalue weighted by molar-refractivity contribution is -0.124. The Morgan fingerprint density at radius 1 is 0.607 bits per heavy atom. The Kier molecular flexibility index (Phi) is 4.37. The molecule has 2 aromatic carbocycles. The molecular formula is C20H10Cl2N2O4. The van der Waals surface area contributed by atoms with Gasteiger partial charge in [0, 0.05) is 33.3 Å². The second-order valence-corrected chi connectivity index (χ2v) is 6.96. The van der Waals surface area contributed by atoms with Crippen molar-refractivity contribution >= 4 is 58.0 Å². The van der Waals surface area contributed by atoms with Gasteiger partial charge >= 0.3 is 0 Å². The second kappa shape index (κ2) is 6.74. The van der Waals surface area contributed by atoms with Gasteiger partial charge in [0.1, 0.15) is 0 Å². The lowest BCUT2D eigenvalue weighted by Gasteiger charge is -2.10. The molecule has 2 aliphatic heterocycles. The zero-order chi connectivity index (χ0) is 20.0. The molecule has 0 fully saturated rings. The molecule has 4 amide bonds. The number of carbonyl (C=O) groups is 4. The highest BCUT2D eigenvalue weighted by Crippen LogP contribution is 2.34. The number of rotatable bonds is 3. The molecular weight excluding hydrogens is 403 g/mol. The number of hydrogen-bond donors (Lipinski definition) is 2. The lowest BCUT2D eigenvalue weighted by atomic mass is 9.98. The van der Waals surface area contributed by atoms with Gasteiger partial charge in [-0.15, -0.1) is 0 Å². The molecule has 4 rings (SSSR count). The van der Waals surface area contributed by atoms with E-state index in [9.17, 15) is 19.2 Å². The van der Waals surface area contributed by atoms with Crippen molar-refractivity contribution in [3.05, 3.63) is 69.7 Å². The molecule has 0 aromatic heterocycles. The Bertz CT molecular complexity index is 1070. The van der Waals surface area contributed by atoms with Gasteiger partial charge in [-0.3, -0.25) is 29.8 Å². The Morgan fingerprint density at radius 2 is 1.00 bits per heavy atom. The van der Waals surface area contributed by atoms with Crippen LogP contribution in [-0.2, 0) is 19.2 Å². The lowest BCUT2D eigenvalue weighted by Crippen LogP contribution is -2.21. The first kappa shape index (κ1) is 18.2. The number of carbonyl (C=O) groups excluding carboxylic acids is 4. The van der Waals surface area contributed by atoms with Crippen molar-refractivity contribution in [1.29, 1.82) is 0 Å². The molecule has 0 saturated heterocycles. The summed E-state index contributed by atoms with van der Waals surface area (Å²) in [5, 5.41) is 4.96. The minimum absolute atomic E-state index is 0.207. The molecule has 2 aliphatic rings. The zero-order valence-electron chi connectivity index (χ0n) is 14.0. The number of nitrogens with one attached hydrogen (secondary N) is 2. The Hall–Kier alpha value is -3.22. The summed E-state index contributed by atoms with van der Waals surface area (Å²) < 4.78 is 0. The van der Waals surface area contributed by atoms with Crippen LogP contribution in [0.3, 0.4) is 0 Å². The fourth-order valence-corrected chi connectivity index (χ4v) is 3.61. The molecule has 0 radical (unpaired) electrons. The van der Waals surface area contributed by atoms with Crippen LogP contribution in [0.15, 0.2) is 48.6 Å². The van der Waals surface area contributed by atoms with Gasteiger partial charge in [-0.05, 0) is 23.3 Å². The maximum absolute atomic E-state index is 11.8. The van der Waals surface area contributed by atoms with Crippen LogP contribution in [-0.4, -0.2) is 23.6 Å². The topological polar surface area (TPSA) is 92.3 Å². The Morgan fingerprint density at radius 3 is 1.29 bits per heavy atom. The van der Waals surface area contributed by atoms with Gasteiger partial charge in [-0.2, -0.15) is 0 Å². The number of amides is 4. The molecule has 0 unspecified atom stereocenters. The van der Waals surface area contributed by atoms with E-state index < -0.39 is 23.6 Å². The Labute approximate surface area is 168 Å². The number of hydrogen-bond acceptors (Lipinski definition) is 4. The predicted octanol–water partition coefficient (Wildman–Crippen LogP) is 2.74. The van der Waals surface area contributed by atoms with Gasteiger partial charge in [0.25, 0.3) is 23.6 Å². The van der Waals surface area contributed by atoms with Crippen molar-refractivity contribution in [3.63, 3.8) is 0 Å². The molecule has 138 valence electrons. The van der Waals surface area contributed by atoms with E-state index >= 15 is 0 Å². The molecule has 2 N–H and O–H groups in total. The van der Waals surface area contributed by atoms with Gasteiger partial charge in [-0.25, -0.2) is 0 Å². The van der Waals surface area contributed by atoms with Gasteiger partial charge in [0.15, 0.2) is 0 Å². The molecule has 0 bridgehead atoms. The summed E-state index contributed by atoms with van der Waals surface area (Å²) in [7, 11) is 0. The molecule has 2 aromatic rings. The van der Waals surface area contributed by atoms with Crippen LogP contribution in [0.1, 0.15) is 11.1 Å². The molecule has 8 heteroatoms. The number of imide groups is 2. The van der Waals surface area contributed by atoms with E-state index in [1.165, 1.54) is 12.2 Å². The predicted molar refractivity (Wildman–Crippen MR) is 104 cm³/mol. The minimum atomic E-state index is -0.496. The molecule has 28 heavy (non-hydrogen) atoms. The third kappa shape index (κ3) is 3.13. The van der Waals surface area contributed by atoms with Gasteiger partial charge in [-0.1, -0.05) is 47.5 Å². The molecule has 0 atom stereocenters. The van der Waals surface area contributed by atoms with Crippen LogP contribution >= 0.6 is 23.2 Å². The van der Waals surface area contributed by atoms with Crippen molar-refractivity contribution in [2.45, 2.75) is 0 Å². The van der Waals surface area contributed by atoms with E-state index in [-0.39, 0.29) is 11.1 Å². The van der Waals surface area contributed by atoms with Gasteiger partial charge in [0.05, 0.1) is 11.1 Å². The van der Waals surface area contributed by atoms with Gasteiger partial charge in [0.2, 0.25) is 0 Å². The fourth-order valence-electron chi connectivity index (χ4n) is 3.05. The third-order valence-electron chi connectivity index (χ3n) is 4.37. The van der Waals surface area contributed by atoms with Crippen molar-refractivity contribution < 1.29 is 19.2 Å². The largest absolute Gasteiger partial charge is 0.289 e. The van der Waals surface area contributed by atoms with E-state index in [0.29, 0.717) is 21.2 Å². The van der Waals surface area contributed by atoms with E-state index in [0.717, 1.165) is 11.1 Å². The molecule has 0 spiro atoms. The normalized spacial score (nSPS) is 16.1. The molecule has 2 heterocycles.